The molecule has 0 aliphatic heterocycles. The average Bonchev–Trinajstić information content (AvgIpc) is 3.32. The van der Waals surface area contributed by atoms with E-state index in [0.29, 0.717) is 23.7 Å². The van der Waals surface area contributed by atoms with Gasteiger partial charge in [-0.15, -0.1) is 11.3 Å². The quantitative estimate of drug-likeness (QED) is 0.465. The molecule has 0 saturated heterocycles. The van der Waals surface area contributed by atoms with Crippen LogP contribution >= 0.6 is 11.3 Å². The number of hydrogen-bond acceptors (Lipinski definition) is 6. The summed E-state index contributed by atoms with van der Waals surface area (Å²) in [6.45, 7) is 2.46. The number of nitrogens with zero attached hydrogens (tertiary/aromatic N) is 3. The van der Waals surface area contributed by atoms with Gasteiger partial charge in [-0.1, -0.05) is 6.07 Å². The van der Waals surface area contributed by atoms with Crippen molar-refractivity contribution in [1.82, 2.24) is 19.9 Å². The van der Waals surface area contributed by atoms with Crippen molar-refractivity contribution in [2.45, 2.75) is 19.8 Å². The van der Waals surface area contributed by atoms with Crippen LogP contribution in [0.4, 0.5) is 5.13 Å². The number of benzene rings is 1. The van der Waals surface area contributed by atoms with Gasteiger partial charge in [-0.3, -0.25) is 15.1 Å². The van der Waals surface area contributed by atoms with Crippen molar-refractivity contribution in [3.05, 3.63) is 58.9 Å². The van der Waals surface area contributed by atoms with E-state index in [0.717, 1.165) is 40.2 Å². The second-order valence-electron chi connectivity index (χ2n) is 6.41. The fourth-order valence-electron chi connectivity index (χ4n) is 3.13. The average molecular weight is 392 g/mol. The Morgan fingerprint density at radius 3 is 2.89 bits per heavy atom. The highest BCUT2D eigenvalue weighted by Gasteiger charge is 2.18. The highest BCUT2D eigenvalue weighted by atomic mass is 32.1. The third-order valence-corrected chi connectivity index (χ3v) is 5.16. The summed E-state index contributed by atoms with van der Waals surface area (Å²) in [6.07, 6.45) is 3.20. The Morgan fingerprint density at radius 1 is 1.21 bits per heavy atom. The molecule has 0 radical (unpaired) electrons. The summed E-state index contributed by atoms with van der Waals surface area (Å²) in [5.74, 6) is 0.623. The summed E-state index contributed by atoms with van der Waals surface area (Å²) in [6, 6.07) is 9.37. The van der Waals surface area contributed by atoms with E-state index in [2.05, 4.69) is 25.3 Å². The molecule has 0 fully saturated rings. The van der Waals surface area contributed by atoms with Gasteiger partial charge in [0.25, 0.3) is 5.91 Å². The molecule has 1 amide bonds. The van der Waals surface area contributed by atoms with Crippen LogP contribution in [-0.4, -0.2) is 32.4 Å². The number of H-pyrrole nitrogens is 1. The SMILES string of the molecule is Cc1nc2c(CCCN)c(C(=O)Nc3nc(-c4ccccn4)cs3)ccc2[nH]1. The second-order valence-corrected chi connectivity index (χ2v) is 7.27. The number of amides is 1. The van der Waals surface area contributed by atoms with E-state index in [1.54, 1.807) is 6.20 Å². The standard InChI is InChI=1S/C20H20N6OS/c1-12-23-16-8-7-14(13(5-4-9-21)18(16)24-12)19(27)26-20-25-17(11-28-20)15-6-2-3-10-22-15/h2-3,6-8,10-11H,4-5,9,21H2,1H3,(H,23,24)(H,25,26,27). The van der Waals surface area contributed by atoms with Gasteiger partial charge in [-0.2, -0.15) is 0 Å². The molecule has 3 heterocycles. The number of imidazole rings is 1. The van der Waals surface area contributed by atoms with Gasteiger partial charge in [0.05, 0.1) is 16.7 Å². The summed E-state index contributed by atoms with van der Waals surface area (Å²) in [5, 5.41) is 5.33. The monoisotopic (exact) mass is 392 g/mol. The Labute approximate surface area is 166 Å². The van der Waals surface area contributed by atoms with Crippen LogP contribution in [0.2, 0.25) is 0 Å². The number of thiazole rings is 1. The molecule has 3 aromatic heterocycles. The molecule has 0 atom stereocenters. The van der Waals surface area contributed by atoms with Crippen LogP contribution in [0.1, 0.15) is 28.2 Å². The van der Waals surface area contributed by atoms with Crippen molar-refractivity contribution < 1.29 is 4.79 Å². The number of carbonyl (C=O) groups is 1. The first-order valence-electron chi connectivity index (χ1n) is 9.02. The summed E-state index contributed by atoms with van der Waals surface area (Å²) >= 11 is 1.37. The molecule has 0 unspecified atom stereocenters. The van der Waals surface area contributed by atoms with Gasteiger partial charge >= 0.3 is 0 Å². The van der Waals surface area contributed by atoms with Gasteiger partial charge in [0, 0.05) is 17.1 Å². The fraction of sp³-hybridized carbons (Fsp3) is 0.200. The number of nitrogens with two attached hydrogens (primary N) is 1. The van der Waals surface area contributed by atoms with Crippen LogP contribution in [0, 0.1) is 6.92 Å². The fourth-order valence-corrected chi connectivity index (χ4v) is 3.83. The molecule has 0 bridgehead atoms. The summed E-state index contributed by atoms with van der Waals surface area (Å²) in [7, 11) is 0. The first-order valence-corrected chi connectivity index (χ1v) is 9.90. The molecule has 8 heteroatoms. The van der Waals surface area contributed by atoms with Crippen LogP contribution in [0.3, 0.4) is 0 Å². The second kappa shape index (κ2) is 7.87. The number of fused-ring (bicyclic) bond motifs is 1. The molecular weight excluding hydrogens is 372 g/mol. The maximum absolute atomic E-state index is 13.0. The normalized spacial score (nSPS) is 11.1. The van der Waals surface area contributed by atoms with E-state index in [4.69, 9.17) is 5.73 Å². The van der Waals surface area contributed by atoms with Crippen molar-refractivity contribution in [3.8, 4) is 11.4 Å². The lowest BCUT2D eigenvalue weighted by Gasteiger charge is -2.09. The molecule has 4 aromatic rings. The van der Waals surface area contributed by atoms with Gasteiger partial charge in [-0.25, -0.2) is 9.97 Å². The van der Waals surface area contributed by atoms with Crippen LogP contribution in [0.25, 0.3) is 22.4 Å². The number of aromatic nitrogens is 4. The highest BCUT2D eigenvalue weighted by Crippen LogP contribution is 2.26. The molecule has 0 aliphatic carbocycles. The van der Waals surface area contributed by atoms with Crippen LogP contribution in [0.15, 0.2) is 41.9 Å². The van der Waals surface area contributed by atoms with E-state index in [1.807, 2.05) is 42.6 Å². The highest BCUT2D eigenvalue weighted by molar-refractivity contribution is 7.14. The minimum absolute atomic E-state index is 0.198. The molecule has 142 valence electrons. The number of carbonyl (C=O) groups excluding carboxylic acids is 1. The third kappa shape index (κ3) is 3.64. The van der Waals surface area contributed by atoms with Crippen LogP contribution in [-0.2, 0) is 6.42 Å². The predicted octanol–water partition coefficient (Wildman–Crippen LogP) is 3.53. The molecule has 4 rings (SSSR count). The van der Waals surface area contributed by atoms with Crippen molar-refractivity contribution in [1.29, 1.82) is 0 Å². The largest absolute Gasteiger partial charge is 0.342 e. The third-order valence-electron chi connectivity index (χ3n) is 4.41. The van der Waals surface area contributed by atoms with E-state index < -0.39 is 0 Å². The van der Waals surface area contributed by atoms with Gasteiger partial charge in [0.2, 0.25) is 0 Å². The number of hydrogen-bond donors (Lipinski definition) is 3. The summed E-state index contributed by atoms with van der Waals surface area (Å²) < 4.78 is 0. The van der Waals surface area contributed by atoms with Crippen LogP contribution < -0.4 is 11.1 Å². The number of nitrogens with one attached hydrogen (secondary N) is 2. The first kappa shape index (κ1) is 18.3. The van der Waals surface area contributed by atoms with Gasteiger partial charge in [0.1, 0.15) is 11.5 Å². The van der Waals surface area contributed by atoms with Gasteiger partial charge in [0.15, 0.2) is 5.13 Å². The molecule has 0 aliphatic rings. The maximum atomic E-state index is 13.0. The predicted molar refractivity (Wildman–Crippen MR) is 112 cm³/mol. The smallest absolute Gasteiger partial charge is 0.257 e. The first-order chi connectivity index (χ1) is 13.7. The number of aryl methyl sites for hydroxylation is 2. The topological polar surface area (TPSA) is 110 Å². The molecule has 4 N–H and O–H groups in total. The minimum Gasteiger partial charge on any atom is -0.342 e. The lowest BCUT2D eigenvalue weighted by molar-refractivity contribution is 0.102. The lowest BCUT2D eigenvalue weighted by atomic mass is 10.0. The van der Waals surface area contributed by atoms with E-state index >= 15 is 0 Å². The Hall–Kier alpha value is -3.10. The van der Waals surface area contributed by atoms with Crippen molar-refractivity contribution in [2.75, 3.05) is 11.9 Å². The Balaban J connectivity index is 1.63. The molecule has 1 aromatic carbocycles. The summed E-state index contributed by atoms with van der Waals surface area (Å²) in [5.41, 5.74) is 10.5. The zero-order chi connectivity index (χ0) is 19.5. The Bertz CT molecular complexity index is 1120. The minimum atomic E-state index is -0.198. The molecule has 28 heavy (non-hydrogen) atoms. The van der Waals surface area contributed by atoms with Crippen molar-refractivity contribution in [2.24, 2.45) is 5.73 Å². The number of anilines is 1. The van der Waals surface area contributed by atoms with Crippen LogP contribution in [0.5, 0.6) is 0 Å². The van der Waals surface area contributed by atoms with E-state index in [9.17, 15) is 4.79 Å². The zero-order valence-corrected chi connectivity index (χ0v) is 16.2. The molecule has 0 spiro atoms. The number of rotatable bonds is 6. The van der Waals surface area contributed by atoms with Gasteiger partial charge < -0.3 is 10.7 Å². The Kier molecular flexibility index (Phi) is 5.14. The van der Waals surface area contributed by atoms with E-state index in [1.165, 1.54) is 11.3 Å². The Morgan fingerprint density at radius 2 is 2.11 bits per heavy atom. The number of aromatic amines is 1. The van der Waals surface area contributed by atoms with E-state index in [-0.39, 0.29) is 5.91 Å². The van der Waals surface area contributed by atoms with Crippen molar-refractivity contribution in [3.63, 3.8) is 0 Å². The van der Waals surface area contributed by atoms with Gasteiger partial charge in [-0.05, 0) is 56.1 Å². The number of pyridine rings is 1. The summed E-state index contributed by atoms with van der Waals surface area (Å²) in [4.78, 5) is 29.5. The zero-order valence-electron chi connectivity index (χ0n) is 15.4. The lowest BCUT2D eigenvalue weighted by Crippen LogP contribution is -2.15. The van der Waals surface area contributed by atoms with Crippen molar-refractivity contribution >= 4 is 33.4 Å². The maximum Gasteiger partial charge on any atom is 0.257 e. The molecule has 0 saturated carbocycles. The molecular formula is C20H20N6OS. The molecule has 7 nitrogen and oxygen atoms in total.